The number of aromatic amines is 1. The van der Waals surface area contributed by atoms with E-state index in [4.69, 9.17) is 4.74 Å². The average Bonchev–Trinajstić information content (AvgIpc) is 3.01. The Morgan fingerprint density at radius 3 is 2.26 bits per heavy atom. The number of hydrogen-bond donors (Lipinski definition) is 2. The molecular weight excluding hydrogens is 340 g/mol. The molecule has 2 N–H and O–H groups in total. The summed E-state index contributed by atoms with van der Waals surface area (Å²) in [5.74, 6) is 0.0338. The molecular formula is C22H20N2O3. The number of rotatable bonds is 4. The van der Waals surface area contributed by atoms with Crippen LogP contribution in [0.2, 0.25) is 0 Å². The lowest BCUT2D eigenvalue weighted by Gasteiger charge is -2.17. The second-order valence-corrected chi connectivity index (χ2v) is 6.68. The molecule has 1 atom stereocenters. The molecule has 3 aromatic rings. The number of ether oxygens (including phenoxy) is 1. The predicted octanol–water partition coefficient (Wildman–Crippen LogP) is 3.97. The van der Waals surface area contributed by atoms with Gasteiger partial charge in [0.05, 0.1) is 6.04 Å². The van der Waals surface area contributed by atoms with E-state index in [2.05, 4.69) is 34.6 Å². The van der Waals surface area contributed by atoms with Gasteiger partial charge in [-0.15, -0.1) is 0 Å². The molecule has 1 amide bonds. The first kappa shape index (κ1) is 17.1. The smallest absolute Gasteiger partial charge is 0.407 e. The highest BCUT2D eigenvalue weighted by Crippen LogP contribution is 2.44. The van der Waals surface area contributed by atoms with Crippen LogP contribution in [-0.2, 0) is 4.74 Å². The monoisotopic (exact) mass is 360 g/mol. The zero-order valence-corrected chi connectivity index (χ0v) is 14.9. The molecule has 5 nitrogen and oxygen atoms in total. The molecule has 1 aliphatic rings. The van der Waals surface area contributed by atoms with Gasteiger partial charge in [0.2, 0.25) is 5.56 Å². The highest BCUT2D eigenvalue weighted by atomic mass is 16.5. The first-order valence-corrected chi connectivity index (χ1v) is 8.93. The first-order valence-electron chi connectivity index (χ1n) is 8.93. The van der Waals surface area contributed by atoms with Crippen molar-refractivity contribution in [3.05, 3.63) is 93.9 Å². The van der Waals surface area contributed by atoms with Gasteiger partial charge in [-0.2, -0.15) is 0 Å². The Morgan fingerprint density at radius 1 is 1.04 bits per heavy atom. The van der Waals surface area contributed by atoms with E-state index >= 15 is 0 Å². The molecule has 136 valence electrons. The number of H-pyrrole nitrogens is 1. The third kappa shape index (κ3) is 3.36. The number of carbonyl (C=O) groups is 1. The van der Waals surface area contributed by atoms with Crippen LogP contribution >= 0.6 is 0 Å². The topological polar surface area (TPSA) is 71.2 Å². The maximum atomic E-state index is 12.3. The van der Waals surface area contributed by atoms with Crippen LogP contribution in [0.5, 0.6) is 0 Å². The molecule has 1 aliphatic carbocycles. The molecule has 0 spiro atoms. The molecule has 2 aromatic carbocycles. The standard InChI is InChI=1S/C22H20N2O3/c1-14(15-10-11-21(25)23-12-15)24-22(26)27-13-20-18-8-4-2-6-16(18)17-7-3-5-9-19(17)20/h2-12,14,20H,13H2,1H3,(H,23,25)(H,24,26)/t14-/m0/s1. The fourth-order valence-corrected chi connectivity index (χ4v) is 3.59. The molecule has 4 rings (SSSR count). The molecule has 0 bridgehead atoms. The maximum Gasteiger partial charge on any atom is 0.407 e. The predicted molar refractivity (Wildman–Crippen MR) is 104 cm³/mol. The Morgan fingerprint density at radius 2 is 1.67 bits per heavy atom. The molecule has 1 heterocycles. The SMILES string of the molecule is C[C@H](NC(=O)OCC1c2ccccc2-c2ccccc21)c1ccc(=O)[nH]c1. The second kappa shape index (κ2) is 7.11. The van der Waals surface area contributed by atoms with Gasteiger partial charge in [0.1, 0.15) is 6.61 Å². The van der Waals surface area contributed by atoms with Crippen molar-refractivity contribution in [1.29, 1.82) is 0 Å². The second-order valence-electron chi connectivity index (χ2n) is 6.68. The number of nitrogens with one attached hydrogen (secondary N) is 2. The van der Waals surface area contributed by atoms with Gasteiger partial charge in [-0.05, 0) is 34.7 Å². The molecule has 0 fully saturated rings. The van der Waals surface area contributed by atoms with Crippen molar-refractivity contribution in [3.8, 4) is 11.1 Å². The van der Waals surface area contributed by atoms with Crippen LogP contribution in [-0.4, -0.2) is 17.7 Å². The summed E-state index contributed by atoms with van der Waals surface area (Å²) in [5.41, 5.74) is 5.39. The van der Waals surface area contributed by atoms with Gasteiger partial charge in [-0.3, -0.25) is 4.79 Å². The minimum absolute atomic E-state index is 0.0338. The Hall–Kier alpha value is -3.34. The lowest BCUT2D eigenvalue weighted by molar-refractivity contribution is 0.140. The summed E-state index contributed by atoms with van der Waals surface area (Å²) in [6.45, 7) is 2.12. The van der Waals surface area contributed by atoms with Crippen LogP contribution in [0, 0.1) is 0 Å². The number of carbonyl (C=O) groups excluding carboxylic acids is 1. The summed E-state index contributed by atoms with van der Waals surface area (Å²) in [6, 6.07) is 19.3. The average molecular weight is 360 g/mol. The molecule has 0 saturated heterocycles. The van der Waals surface area contributed by atoms with E-state index < -0.39 is 6.09 Å². The summed E-state index contributed by atoms with van der Waals surface area (Å²) in [7, 11) is 0. The van der Waals surface area contributed by atoms with Crippen LogP contribution in [0.25, 0.3) is 11.1 Å². The van der Waals surface area contributed by atoms with Crippen LogP contribution < -0.4 is 10.9 Å². The Bertz CT molecular complexity index is 975. The van der Waals surface area contributed by atoms with E-state index in [9.17, 15) is 9.59 Å². The Labute approximate surface area is 157 Å². The van der Waals surface area contributed by atoms with Gasteiger partial charge in [0.15, 0.2) is 0 Å². The number of pyridine rings is 1. The molecule has 0 aliphatic heterocycles. The van der Waals surface area contributed by atoms with Crippen LogP contribution in [0.4, 0.5) is 4.79 Å². The Balaban J connectivity index is 1.45. The maximum absolute atomic E-state index is 12.3. The zero-order chi connectivity index (χ0) is 18.8. The van der Waals surface area contributed by atoms with Gasteiger partial charge >= 0.3 is 6.09 Å². The summed E-state index contributed by atoms with van der Waals surface area (Å²) >= 11 is 0. The van der Waals surface area contributed by atoms with Gasteiger partial charge in [0.25, 0.3) is 0 Å². The number of amides is 1. The van der Waals surface area contributed by atoms with E-state index in [1.165, 1.54) is 28.3 Å². The van der Waals surface area contributed by atoms with E-state index in [0.717, 1.165) is 5.56 Å². The molecule has 0 unspecified atom stereocenters. The molecule has 0 saturated carbocycles. The van der Waals surface area contributed by atoms with Crippen molar-refractivity contribution in [2.75, 3.05) is 6.61 Å². The minimum Gasteiger partial charge on any atom is -0.449 e. The van der Waals surface area contributed by atoms with Crippen molar-refractivity contribution in [2.24, 2.45) is 0 Å². The lowest BCUT2D eigenvalue weighted by atomic mass is 9.98. The summed E-state index contributed by atoms with van der Waals surface area (Å²) in [4.78, 5) is 26.0. The Kier molecular flexibility index (Phi) is 4.50. The van der Waals surface area contributed by atoms with Gasteiger partial charge in [-0.1, -0.05) is 54.6 Å². The van der Waals surface area contributed by atoms with Crippen LogP contribution in [0.1, 0.15) is 35.6 Å². The van der Waals surface area contributed by atoms with E-state index in [1.54, 1.807) is 12.3 Å². The van der Waals surface area contributed by atoms with E-state index in [-0.39, 0.29) is 24.1 Å². The number of hydrogen-bond acceptors (Lipinski definition) is 3. The van der Waals surface area contributed by atoms with Crippen LogP contribution in [0.15, 0.2) is 71.7 Å². The fourth-order valence-electron chi connectivity index (χ4n) is 3.59. The number of benzene rings is 2. The van der Waals surface area contributed by atoms with Crippen molar-refractivity contribution in [2.45, 2.75) is 18.9 Å². The van der Waals surface area contributed by atoms with Crippen molar-refractivity contribution < 1.29 is 9.53 Å². The molecule has 27 heavy (non-hydrogen) atoms. The molecule has 1 aromatic heterocycles. The first-order chi connectivity index (χ1) is 13.1. The highest BCUT2D eigenvalue weighted by molar-refractivity contribution is 5.79. The summed E-state index contributed by atoms with van der Waals surface area (Å²) < 4.78 is 5.53. The van der Waals surface area contributed by atoms with E-state index in [0.29, 0.717) is 0 Å². The summed E-state index contributed by atoms with van der Waals surface area (Å²) in [6.07, 6.45) is 1.12. The number of fused-ring (bicyclic) bond motifs is 3. The van der Waals surface area contributed by atoms with Gasteiger partial charge in [-0.25, -0.2) is 4.79 Å². The van der Waals surface area contributed by atoms with E-state index in [1.807, 2.05) is 31.2 Å². The molecule has 0 radical (unpaired) electrons. The lowest BCUT2D eigenvalue weighted by Crippen LogP contribution is -2.29. The van der Waals surface area contributed by atoms with Gasteiger partial charge < -0.3 is 15.0 Å². The highest BCUT2D eigenvalue weighted by Gasteiger charge is 2.29. The van der Waals surface area contributed by atoms with Crippen molar-refractivity contribution in [3.63, 3.8) is 0 Å². The molecule has 5 heteroatoms. The zero-order valence-electron chi connectivity index (χ0n) is 14.9. The van der Waals surface area contributed by atoms with Crippen LogP contribution in [0.3, 0.4) is 0 Å². The minimum atomic E-state index is -0.476. The quantitative estimate of drug-likeness (QED) is 0.739. The van der Waals surface area contributed by atoms with Crippen molar-refractivity contribution >= 4 is 6.09 Å². The van der Waals surface area contributed by atoms with Gasteiger partial charge in [0, 0.05) is 18.2 Å². The third-order valence-electron chi connectivity index (χ3n) is 4.99. The number of alkyl carbamates (subject to hydrolysis) is 1. The summed E-state index contributed by atoms with van der Waals surface area (Å²) in [5, 5.41) is 2.80. The largest absolute Gasteiger partial charge is 0.449 e. The van der Waals surface area contributed by atoms with Crippen molar-refractivity contribution in [1.82, 2.24) is 10.3 Å². The fraction of sp³-hybridized carbons (Fsp3) is 0.182. The normalized spacial score (nSPS) is 13.5. The third-order valence-corrected chi connectivity index (χ3v) is 4.99. The number of aromatic nitrogens is 1.